The van der Waals surface area contributed by atoms with Crippen LogP contribution in [0.25, 0.3) is 0 Å². The lowest BCUT2D eigenvalue weighted by Crippen LogP contribution is -2.01. The second-order valence-corrected chi connectivity index (χ2v) is 2.90. The summed E-state index contributed by atoms with van der Waals surface area (Å²) in [6, 6.07) is 2.01. The third kappa shape index (κ3) is 2.22. The highest BCUT2D eigenvalue weighted by Gasteiger charge is 1.95. The first kappa shape index (κ1) is 8.05. The van der Waals surface area contributed by atoms with Gasteiger partial charge in [0, 0.05) is 18.4 Å². The molecule has 0 bridgehead atoms. The molecule has 1 aromatic heterocycles. The maximum absolute atomic E-state index is 4.16. The zero-order valence-electron chi connectivity index (χ0n) is 7.17. The van der Waals surface area contributed by atoms with Gasteiger partial charge >= 0.3 is 0 Å². The number of aromatic nitrogens is 2. The lowest BCUT2D eigenvalue weighted by Gasteiger charge is -2.02. The number of rotatable bonds is 3. The number of nitrogens with zero attached hydrogens (tertiary/aromatic N) is 2. The quantitative estimate of drug-likeness (QED) is 0.604. The summed E-state index contributed by atoms with van der Waals surface area (Å²) in [5, 5.41) is 4.16. The van der Waals surface area contributed by atoms with Gasteiger partial charge in [0.05, 0.1) is 0 Å². The van der Waals surface area contributed by atoms with E-state index in [0.29, 0.717) is 0 Å². The van der Waals surface area contributed by atoms with Crippen molar-refractivity contribution in [2.45, 2.75) is 26.8 Å². The predicted octanol–water partition coefficient (Wildman–Crippen LogP) is 2.16. The number of hydrogen-bond acceptors (Lipinski definition) is 1. The van der Waals surface area contributed by atoms with Crippen LogP contribution >= 0.6 is 0 Å². The molecule has 0 fully saturated rings. The molecule has 0 atom stereocenters. The monoisotopic (exact) mass is 150 g/mol. The summed E-state index contributed by atoms with van der Waals surface area (Å²) in [4.78, 5) is 0. The molecular weight excluding hydrogens is 136 g/mol. The van der Waals surface area contributed by atoms with Gasteiger partial charge < -0.3 is 0 Å². The fraction of sp³-hybridized carbons (Fsp3) is 0.444. The SMILES string of the molecule is C=C(C)CCn1nccc1C. The summed E-state index contributed by atoms with van der Waals surface area (Å²) >= 11 is 0. The van der Waals surface area contributed by atoms with E-state index in [1.54, 1.807) is 0 Å². The predicted molar refractivity (Wildman–Crippen MR) is 46.4 cm³/mol. The van der Waals surface area contributed by atoms with Crippen LogP contribution in [-0.2, 0) is 6.54 Å². The van der Waals surface area contributed by atoms with Gasteiger partial charge in [-0.2, -0.15) is 5.10 Å². The third-order valence-electron chi connectivity index (χ3n) is 1.68. The lowest BCUT2D eigenvalue weighted by molar-refractivity contribution is 0.597. The van der Waals surface area contributed by atoms with Crippen LogP contribution in [0.3, 0.4) is 0 Å². The Labute approximate surface area is 67.5 Å². The van der Waals surface area contributed by atoms with Crippen molar-refractivity contribution in [1.82, 2.24) is 9.78 Å². The van der Waals surface area contributed by atoms with Crippen molar-refractivity contribution < 1.29 is 0 Å². The topological polar surface area (TPSA) is 17.8 Å². The van der Waals surface area contributed by atoms with Crippen molar-refractivity contribution in [3.8, 4) is 0 Å². The molecule has 0 aliphatic heterocycles. The Morgan fingerprint density at radius 2 is 2.45 bits per heavy atom. The summed E-state index contributed by atoms with van der Waals surface area (Å²) in [6.07, 6.45) is 2.84. The molecule has 0 aliphatic carbocycles. The average molecular weight is 150 g/mol. The van der Waals surface area contributed by atoms with Crippen molar-refractivity contribution in [3.63, 3.8) is 0 Å². The zero-order valence-corrected chi connectivity index (χ0v) is 7.17. The smallest absolute Gasteiger partial charge is 0.0492 e. The molecule has 0 saturated heterocycles. The molecule has 0 amide bonds. The van der Waals surface area contributed by atoms with E-state index in [1.165, 1.54) is 11.3 Å². The first-order chi connectivity index (χ1) is 5.20. The summed E-state index contributed by atoms with van der Waals surface area (Å²) < 4.78 is 1.99. The Bertz CT molecular complexity index is 248. The highest BCUT2D eigenvalue weighted by molar-refractivity contribution is 4.97. The maximum Gasteiger partial charge on any atom is 0.0492 e. The molecule has 0 radical (unpaired) electrons. The fourth-order valence-electron chi connectivity index (χ4n) is 0.930. The van der Waals surface area contributed by atoms with Gasteiger partial charge in [0.2, 0.25) is 0 Å². The van der Waals surface area contributed by atoms with Crippen LogP contribution in [0.5, 0.6) is 0 Å². The molecule has 2 nitrogen and oxygen atoms in total. The molecular formula is C9H14N2. The molecule has 11 heavy (non-hydrogen) atoms. The van der Waals surface area contributed by atoms with Crippen molar-refractivity contribution in [1.29, 1.82) is 0 Å². The lowest BCUT2D eigenvalue weighted by atomic mass is 10.2. The molecule has 1 rings (SSSR count). The van der Waals surface area contributed by atoms with E-state index in [4.69, 9.17) is 0 Å². The second-order valence-electron chi connectivity index (χ2n) is 2.90. The Morgan fingerprint density at radius 1 is 1.73 bits per heavy atom. The number of allylic oxidation sites excluding steroid dienone is 1. The highest BCUT2D eigenvalue weighted by atomic mass is 15.3. The third-order valence-corrected chi connectivity index (χ3v) is 1.68. The Hall–Kier alpha value is -1.05. The first-order valence-electron chi connectivity index (χ1n) is 3.83. The summed E-state index contributed by atoms with van der Waals surface area (Å²) in [6.45, 7) is 8.90. The molecule has 0 saturated carbocycles. The first-order valence-corrected chi connectivity index (χ1v) is 3.83. The molecule has 2 heteroatoms. The van der Waals surface area contributed by atoms with Crippen LogP contribution < -0.4 is 0 Å². The summed E-state index contributed by atoms with van der Waals surface area (Å²) in [7, 11) is 0. The van der Waals surface area contributed by atoms with Gasteiger partial charge in [-0.25, -0.2) is 0 Å². The molecule has 0 spiro atoms. The minimum Gasteiger partial charge on any atom is -0.270 e. The van der Waals surface area contributed by atoms with Gasteiger partial charge in [0.25, 0.3) is 0 Å². The van der Waals surface area contributed by atoms with Gasteiger partial charge in [-0.3, -0.25) is 4.68 Å². The van der Waals surface area contributed by atoms with E-state index in [9.17, 15) is 0 Å². The molecule has 0 unspecified atom stereocenters. The van der Waals surface area contributed by atoms with Crippen LogP contribution in [-0.4, -0.2) is 9.78 Å². The minimum absolute atomic E-state index is 0.953. The molecule has 1 aromatic rings. The van der Waals surface area contributed by atoms with Gasteiger partial charge in [-0.15, -0.1) is 6.58 Å². The van der Waals surface area contributed by atoms with E-state index in [1.807, 2.05) is 23.9 Å². The Kier molecular flexibility index (Phi) is 2.47. The van der Waals surface area contributed by atoms with Gasteiger partial charge in [0.15, 0.2) is 0 Å². The van der Waals surface area contributed by atoms with Crippen molar-refractivity contribution in [3.05, 3.63) is 30.1 Å². The van der Waals surface area contributed by atoms with E-state index in [2.05, 4.69) is 18.6 Å². The summed E-state index contributed by atoms with van der Waals surface area (Å²) in [5.74, 6) is 0. The van der Waals surface area contributed by atoms with Crippen molar-refractivity contribution in [2.75, 3.05) is 0 Å². The van der Waals surface area contributed by atoms with E-state index in [0.717, 1.165) is 13.0 Å². The summed E-state index contributed by atoms with van der Waals surface area (Å²) in [5.41, 5.74) is 2.42. The molecule has 0 aromatic carbocycles. The number of hydrogen-bond donors (Lipinski definition) is 0. The molecule has 1 heterocycles. The molecule has 60 valence electrons. The van der Waals surface area contributed by atoms with Gasteiger partial charge in [0.1, 0.15) is 0 Å². The largest absolute Gasteiger partial charge is 0.270 e. The normalized spacial score (nSPS) is 10.0. The Morgan fingerprint density at radius 3 is 2.91 bits per heavy atom. The fourth-order valence-corrected chi connectivity index (χ4v) is 0.930. The van der Waals surface area contributed by atoms with E-state index < -0.39 is 0 Å². The molecule has 0 aliphatic rings. The van der Waals surface area contributed by atoms with Crippen LogP contribution in [0.1, 0.15) is 19.0 Å². The molecule has 0 N–H and O–H groups in total. The van der Waals surface area contributed by atoms with Gasteiger partial charge in [-0.05, 0) is 26.3 Å². The van der Waals surface area contributed by atoms with E-state index in [-0.39, 0.29) is 0 Å². The maximum atomic E-state index is 4.16. The highest BCUT2D eigenvalue weighted by Crippen LogP contribution is 2.01. The van der Waals surface area contributed by atoms with E-state index >= 15 is 0 Å². The van der Waals surface area contributed by atoms with Crippen molar-refractivity contribution >= 4 is 0 Å². The van der Waals surface area contributed by atoms with Crippen LogP contribution in [0, 0.1) is 6.92 Å². The van der Waals surface area contributed by atoms with Crippen molar-refractivity contribution in [2.24, 2.45) is 0 Å². The minimum atomic E-state index is 0.953. The number of aryl methyl sites for hydroxylation is 2. The standard InChI is InChI=1S/C9H14N2/c1-8(2)5-7-11-9(3)4-6-10-11/h4,6H,1,5,7H2,2-3H3. The Balaban J connectivity index is 2.51. The average Bonchev–Trinajstić information content (AvgIpc) is 2.31. The second kappa shape index (κ2) is 3.37. The van der Waals surface area contributed by atoms with Crippen LogP contribution in [0.4, 0.5) is 0 Å². The zero-order chi connectivity index (χ0) is 8.27. The van der Waals surface area contributed by atoms with Gasteiger partial charge in [-0.1, -0.05) is 5.57 Å². The van der Waals surface area contributed by atoms with Crippen LogP contribution in [0.15, 0.2) is 24.4 Å². The van der Waals surface area contributed by atoms with Crippen LogP contribution in [0.2, 0.25) is 0 Å².